The zero-order valence-corrected chi connectivity index (χ0v) is 31.7. The van der Waals surface area contributed by atoms with E-state index in [1.165, 1.54) is 23.3 Å². The molecule has 4 atom stereocenters. The second-order valence-electron chi connectivity index (χ2n) is 14.4. The molecule has 8 nitrogen and oxygen atoms in total. The van der Waals surface area contributed by atoms with Gasteiger partial charge in [-0.25, -0.2) is 0 Å². The van der Waals surface area contributed by atoms with E-state index in [9.17, 15) is 14.7 Å². The van der Waals surface area contributed by atoms with E-state index >= 15 is 0 Å². The van der Waals surface area contributed by atoms with Gasteiger partial charge in [-0.15, -0.1) is 0 Å². The number of ether oxygens (including phenoxy) is 2. The molecule has 8 heteroatoms. The molecule has 1 fully saturated rings. The van der Waals surface area contributed by atoms with E-state index < -0.39 is 6.29 Å². The van der Waals surface area contributed by atoms with Crippen molar-refractivity contribution in [3.8, 4) is 11.1 Å². The first-order valence-corrected chi connectivity index (χ1v) is 19.2. The standard InChI is InChI=1S/C46H53N3O5/c1-32(39-25-20-35-11-6-7-12-40(35)27-39)49(3)30-42-28-44(37-18-16-34(31-50)17-19-37)54-46(53-42)38-23-21-36(22-24-38)43-14-9-8-13-41(43)29-48-45(52)15-5-4-10-26-47-33(2)51/h6-9,11-14,16-25,27,32,42,44,46,50H,4-5,10,15,26,28-31H2,1-3H3,(H,47,51)(H,48,52). The summed E-state index contributed by atoms with van der Waals surface area (Å²) in [4.78, 5) is 26.0. The number of nitrogens with zero attached hydrogens (tertiary/aromatic N) is 1. The molecule has 0 saturated carbocycles. The fourth-order valence-electron chi connectivity index (χ4n) is 7.14. The van der Waals surface area contributed by atoms with Crippen molar-refractivity contribution in [1.82, 2.24) is 15.5 Å². The SMILES string of the molecule is CC(=O)NCCCCCC(=O)NCc1ccccc1-c1ccc(C2OC(CN(C)C(C)c3ccc4ccccc4c3)CC(c3ccc(CO)cc3)O2)cc1. The van der Waals surface area contributed by atoms with Crippen molar-refractivity contribution in [2.75, 3.05) is 20.1 Å². The highest BCUT2D eigenvalue weighted by Crippen LogP contribution is 2.39. The van der Waals surface area contributed by atoms with Gasteiger partial charge in [-0.05, 0) is 77.0 Å². The van der Waals surface area contributed by atoms with E-state index in [1.807, 2.05) is 36.4 Å². The van der Waals surface area contributed by atoms with Gasteiger partial charge < -0.3 is 25.2 Å². The number of aliphatic hydroxyl groups excluding tert-OH is 1. The summed E-state index contributed by atoms with van der Waals surface area (Å²) < 4.78 is 13.4. The number of benzene rings is 5. The molecule has 5 aromatic carbocycles. The van der Waals surface area contributed by atoms with Gasteiger partial charge in [0.1, 0.15) is 0 Å². The van der Waals surface area contributed by atoms with Crippen molar-refractivity contribution in [1.29, 1.82) is 0 Å². The van der Waals surface area contributed by atoms with Crippen LogP contribution in [0.4, 0.5) is 0 Å². The zero-order valence-electron chi connectivity index (χ0n) is 31.7. The Morgan fingerprint density at radius 1 is 0.815 bits per heavy atom. The molecule has 0 aliphatic carbocycles. The van der Waals surface area contributed by atoms with Crippen LogP contribution in [-0.4, -0.2) is 48.1 Å². The van der Waals surface area contributed by atoms with Crippen LogP contribution in [0.25, 0.3) is 21.9 Å². The smallest absolute Gasteiger partial charge is 0.220 e. The van der Waals surface area contributed by atoms with E-state index in [1.54, 1.807) is 0 Å². The maximum absolute atomic E-state index is 12.6. The topological polar surface area (TPSA) is 100 Å². The van der Waals surface area contributed by atoms with E-state index in [4.69, 9.17) is 9.47 Å². The highest BCUT2D eigenvalue weighted by Gasteiger charge is 2.33. The zero-order chi connectivity index (χ0) is 37.9. The van der Waals surface area contributed by atoms with Gasteiger partial charge in [0.05, 0.1) is 18.8 Å². The number of aliphatic hydroxyl groups is 1. The summed E-state index contributed by atoms with van der Waals surface area (Å²) >= 11 is 0. The molecule has 0 radical (unpaired) electrons. The van der Waals surface area contributed by atoms with Crippen LogP contribution in [0.1, 0.15) is 92.2 Å². The van der Waals surface area contributed by atoms with Gasteiger partial charge in [0.25, 0.3) is 0 Å². The van der Waals surface area contributed by atoms with Crippen LogP contribution in [-0.2, 0) is 32.2 Å². The monoisotopic (exact) mass is 727 g/mol. The van der Waals surface area contributed by atoms with Crippen LogP contribution in [0.5, 0.6) is 0 Å². The summed E-state index contributed by atoms with van der Waals surface area (Å²) in [7, 11) is 2.16. The van der Waals surface area contributed by atoms with E-state index in [-0.39, 0.29) is 36.7 Å². The summed E-state index contributed by atoms with van der Waals surface area (Å²) in [5, 5.41) is 18.0. The average Bonchev–Trinajstić information content (AvgIpc) is 3.20. The highest BCUT2D eigenvalue weighted by atomic mass is 16.7. The lowest BCUT2D eigenvalue weighted by atomic mass is 9.97. The minimum absolute atomic E-state index is 0.00158. The normalized spacial score (nSPS) is 17.7. The molecule has 5 aromatic rings. The first-order chi connectivity index (χ1) is 26.3. The maximum Gasteiger partial charge on any atom is 0.220 e. The van der Waals surface area contributed by atoms with Crippen LogP contribution in [0.3, 0.4) is 0 Å². The third-order valence-electron chi connectivity index (χ3n) is 10.5. The fraction of sp³-hybridized carbons (Fsp3) is 0.348. The Labute approximate surface area is 319 Å². The number of carbonyl (C=O) groups excluding carboxylic acids is 2. The molecule has 4 unspecified atom stereocenters. The minimum Gasteiger partial charge on any atom is -0.392 e. The maximum atomic E-state index is 12.6. The van der Waals surface area contributed by atoms with Gasteiger partial charge in [0.2, 0.25) is 11.8 Å². The average molecular weight is 728 g/mol. The van der Waals surface area contributed by atoms with Crippen molar-refractivity contribution in [3.05, 3.63) is 143 Å². The number of unbranched alkanes of at least 4 members (excludes halogenated alkanes) is 2. The molecular formula is C46H53N3O5. The lowest BCUT2D eigenvalue weighted by Gasteiger charge is -2.39. The second-order valence-corrected chi connectivity index (χ2v) is 14.4. The molecule has 3 N–H and O–H groups in total. The Morgan fingerprint density at radius 3 is 2.30 bits per heavy atom. The Balaban J connectivity index is 1.13. The number of hydrogen-bond donors (Lipinski definition) is 3. The first kappa shape index (κ1) is 38.9. The molecule has 1 saturated heterocycles. The molecule has 282 valence electrons. The van der Waals surface area contributed by atoms with E-state index in [0.29, 0.717) is 25.9 Å². The number of nitrogens with one attached hydrogen (secondary N) is 2. The Morgan fingerprint density at radius 2 is 1.54 bits per heavy atom. The number of carbonyl (C=O) groups is 2. The number of hydrogen-bond acceptors (Lipinski definition) is 6. The van der Waals surface area contributed by atoms with Gasteiger partial charge >= 0.3 is 0 Å². The van der Waals surface area contributed by atoms with Gasteiger partial charge in [-0.3, -0.25) is 14.5 Å². The summed E-state index contributed by atoms with van der Waals surface area (Å²) in [6.45, 7) is 5.58. The Hall–Kier alpha value is -4.86. The van der Waals surface area contributed by atoms with Crippen molar-refractivity contribution in [2.45, 2.75) is 83.6 Å². The van der Waals surface area contributed by atoms with E-state index in [0.717, 1.165) is 59.2 Å². The first-order valence-electron chi connectivity index (χ1n) is 19.2. The molecule has 54 heavy (non-hydrogen) atoms. The van der Waals surface area contributed by atoms with Gasteiger partial charge in [0, 0.05) is 51.0 Å². The second kappa shape index (κ2) is 18.9. The third-order valence-corrected chi connectivity index (χ3v) is 10.5. The van der Waals surface area contributed by atoms with E-state index in [2.05, 4.69) is 108 Å². The number of amides is 2. The van der Waals surface area contributed by atoms with Crippen LogP contribution >= 0.6 is 0 Å². The van der Waals surface area contributed by atoms with Crippen molar-refractivity contribution < 1.29 is 24.2 Å². The molecule has 0 spiro atoms. The molecule has 1 heterocycles. The van der Waals surface area contributed by atoms with Gasteiger partial charge in [-0.2, -0.15) is 0 Å². The van der Waals surface area contributed by atoms with Gasteiger partial charge in [0.15, 0.2) is 6.29 Å². The molecule has 6 rings (SSSR count). The lowest BCUT2D eigenvalue weighted by Crippen LogP contribution is -2.38. The van der Waals surface area contributed by atoms with Crippen molar-refractivity contribution >= 4 is 22.6 Å². The Bertz CT molecular complexity index is 1980. The largest absolute Gasteiger partial charge is 0.392 e. The molecule has 2 amide bonds. The summed E-state index contributed by atoms with van der Waals surface area (Å²) in [5.74, 6) is 0.00114. The van der Waals surface area contributed by atoms with Crippen LogP contribution in [0, 0.1) is 0 Å². The third kappa shape index (κ3) is 10.4. The summed E-state index contributed by atoms with van der Waals surface area (Å²) in [6, 6.07) is 39.8. The number of rotatable bonds is 16. The van der Waals surface area contributed by atoms with Crippen LogP contribution in [0.2, 0.25) is 0 Å². The number of likely N-dealkylation sites (N-methyl/N-ethyl adjacent to an activating group) is 1. The number of fused-ring (bicyclic) bond motifs is 1. The fourth-order valence-corrected chi connectivity index (χ4v) is 7.14. The van der Waals surface area contributed by atoms with Crippen LogP contribution < -0.4 is 10.6 Å². The summed E-state index contributed by atoms with van der Waals surface area (Å²) in [5.41, 5.74) is 7.30. The van der Waals surface area contributed by atoms with Crippen molar-refractivity contribution in [2.24, 2.45) is 0 Å². The Kier molecular flexibility index (Phi) is 13.6. The molecule has 0 bridgehead atoms. The quantitative estimate of drug-likeness (QED) is 0.0882. The molecular weight excluding hydrogens is 675 g/mol. The van der Waals surface area contributed by atoms with Crippen LogP contribution in [0.15, 0.2) is 115 Å². The molecule has 1 aliphatic rings. The van der Waals surface area contributed by atoms with Crippen molar-refractivity contribution in [3.63, 3.8) is 0 Å². The predicted octanol–water partition coefficient (Wildman–Crippen LogP) is 8.55. The minimum atomic E-state index is -0.558. The molecule has 1 aliphatic heterocycles. The summed E-state index contributed by atoms with van der Waals surface area (Å²) in [6.07, 6.45) is 2.90. The highest BCUT2D eigenvalue weighted by molar-refractivity contribution is 5.83. The van der Waals surface area contributed by atoms with Gasteiger partial charge in [-0.1, -0.05) is 116 Å². The lowest BCUT2D eigenvalue weighted by molar-refractivity contribution is -0.253. The molecule has 0 aromatic heterocycles. The predicted molar refractivity (Wildman–Crippen MR) is 214 cm³/mol.